The van der Waals surface area contributed by atoms with Gasteiger partial charge in [-0.2, -0.15) is 5.10 Å². The first kappa shape index (κ1) is 14.3. The molecule has 0 aliphatic carbocycles. The maximum absolute atomic E-state index is 12.2. The number of aryl methyl sites for hydroxylation is 1. The lowest BCUT2D eigenvalue weighted by atomic mass is 10.0. The Kier molecular flexibility index (Phi) is 4.15. The fraction of sp³-hybridized carbons (Fsp3) is 0.750. The molecule has 2 N–H and O–H groups in total. The Labute approximate surface area is 113 Å². The van der Waals surface area contributed by atoms with Crippen LogP contribution in [-0.4, -0.2) is 36.3 Å². The molecule has 2 atom stereocenters. The van der Waals surface area contributed by atoms with Crippen LogP contribution < -0.4 is 10.5 Å². The molecule has 1 aromatic rings. The maximum Gasteiger partial charge on any atom is 0.161 e. The van der Waals surface area contributed by atoms with Crippen LogP contribution in [0.5, 0.6) is 5.75 Å². The van der Waals surface area contributed by atoms with Crippen LogP contribution in [0.2, 0.25) is 0 Å². The molecule has 7 heteroatoms. The molecule has 2 unspecified atom stereocenters. The van der Waals surface area contributed by atoms with E-state index in [1.54, 1.807) is 18.0 Å². The molecule has 108 valence electrons. The minimum absolute atomic E-state index is 0.230. The molecule has 1 aliphatic rings. The van der Waals surface area contributed by atoms with Crippen molar-refractivity contribution in [2.75, 3.05) is 12.9 Å². The summed E-state index contributed by atoms with van der Waals surface area (Å²) >= 11 is 0. The average Bonchev–Trinajstić information content (AvgIpc) is 2.80. The number of ether oxygens (including phenoxy) is 1. The quantitative estimate of drug-likeness (QED) is 0.888. The van der Waals surface area contributed by atoms with Gasteiger partial charge in [-0.1, -0.05) is 6.42 Å². The highest BCUT2D eigenvalue weighted by atomic mass is 32.2. The number of methoxy groups -OCH3 is 1. The van der Waals surface area contributed by atoms with Crippen LogP contribution >= 0.6 is 0 Å². The fourth-order valence-electron chi connectivity index (χ4n) is 2.68. The molecule has 6 nitrogen and oxygen atoms in total. The summed E-state index contributed by atoms with van der Waals surface area (Å²) in [5.74, 6) is 0.795. The summed E-state index contributed by atoms with van der Waals surface area (Å²) in [5, 5.41) is 3.66. The summed E-state index contributed by atoms with van der Waals surface area (Å²) in [5.41, 5.74) is 6.90. The van der Waals surface area contributed by atoms with E-state index in [4.69, 9.17) is 10.5 Å². The molecule has 0 aromatic carbocycles. The summed E-state index contributed by atoms with van der Waals surface area (Å²) < 4.78 is 31.3. The second-order valence-electron chi connectivity index (χ2n) is 4.84. The van der Waals surface area contributed by atoms with Crippen molar-refractivity contribution in [2.24, 2.45) is 5.73 Å². The van der Waals surface area contributed by atoms with Gasteiger partial charge < -0.3 is 10.5 Å². The SMILES string of the molecule is CCn1ncc(OC)c1C(N)C1CCCCS1(=O)=O. The first-order valence-electron chi connectivity index (χ1n) is 6.58. The number of rotatable bonds is 4. The number of aromatic nitrogens is 2. The topological polar surface area (TPSA) is 87.2 Å². The van der Waals surface area contributed by atoms with E-state index in [0.29, 0.717) is 24.4 Å². The van der Waals surface area contributed by atoms with E-state index in [-0.39, 0.29) is 5.75 Å². The van der Waals surface area contributed by atoms with E-state index < -0.39 is 21.1 Å². The Bertz CT molecular complexity index is 517. The van der Waals surface area contributed by atoms with Gasteiger partial charge in [-0.15, -0.1) is 0 Å². The minimum atomic E-state index is -3.12. The predicted octanol–water partition coefficient (Wildman–Crippen LogP) is 0.879. The number of nitrogens with zero attached hydrogens (tertiary/aromatic N) is 2. The molecular formula is C12H21N3O3S. The van der Waals surface area contributed by atoms with E-state index in [0.717, 1.165) is 12.8 Å². The molecule has 0 bridgehead atoms. The second kappa shape index (κ2) is 5.50. The normalized spacial score (nSPS) is 24.1. The monoisotopic (exact) mass is 287 g/mol. The number of nitrogens with two attached hydrogens (primary N) is 1. The molecule has 2 rings (SSSR count). The van der Waals surface area contributed by atoms with Crippen LogP contribution in [0.3, 0.4) is 0 Å². The van der Waals surface area contributed by atoms with Crippen LogP contribution in [0.25, 0.3) is 0 Å². The summed E-state index contributed by atoms with van der Waals surface area (Å²) in [7, 11) is -1.58. The maximum atomic E-state index is 12.2. The molecule has 1 aromatic heterocycles. The third-order valence-electron chi connectivity index (χ3n) is 3.71. The summed E-state index contributed by atoms with van der Waals surface area (Å²) in [6.07, 6.45) is 3.84. The Morgan fingerprint density at radius 3 is 2.89 bits per heavy atom. The molecule has 0 saturated carbocycles. The van der Waals surface area contributed by atoms with Gasteiger partial charge in [0.1, 0.15) is 0 Å². The number of sulfone groups is 1. The summed E-state index contributed by atoms with van der Waals surface area (Å²) in [6.45, 7) is 2.58. The van der Waals surface area contributed by atoms with Crippen LogP contribution in [0.15, 0.2) is 6.20 Å². The lowest BCUT2D eigenvalue weighted by Gasteiger charge is -2.28. The molecule has 1 fully saturated rings. The Hall–Kier alpha value is -1.08. The first-order chi connectivity index (χ1) is 9.01. The second-order valence-corrected chi connectivity index (χ2v) is 7.18. The Balaban J connectivity index is 2.38. The average molecular weight is 287 g/mol. The van der Waals surface area contributed by atoms with Gasteiger partial charge in [0, 0.05) is 6.54 Å². The van der Waals surface area contributed by atoms with Gasteiger partial charge in [0.25, 0.3) is 0 Å². The zero-order valence-corrected chi connectivity index (χ0v) is 12.2. The summed E-state index contributed by atoms with van der Waals surface area (Å²) in [6, 6.07) is -0.581. The van der Waals surface area contributed by atoms with Gasteiger partial charge in [-0.3, -0.25) is 4.68 Å². The van der Waals surface area contributed by atoms with Gasteiger partial charge in [-0.25, -0.2) is 8.42 Å². The fourth-order valence-corrected chi connectivity index (χ4v) is 4.69. The third-order valence-corrected chi connectivity index (χ3v) is 6.02. The van der Waals surface area contributed by atoms with Crippen molar-refractivity contribution in [1.82, 2.24) is 9.78 Å². The lowest BCUT2D eigenvalue weighted by Crippen LogP contribution is -2.39. The Morgan fingerprint density at radius 1 is 1.58 bits per heavy atom. The largest absolute Gasteiger partial charge is 0.493 e. The van der Waals surface area contributed by atoms with Gasteiger partial charge in [-0.05, 0) is 19.8 Å². The van der Waals surface area contributed by atoms with E-state index in [9.17, 15) is 8.42 Å². The highest BCUT2D eigenvalue weighted by Crippen LogP contribution is 2.33. The van der Waals surface area contributed by atoms with Gasteiger partial charge in [0.05, 0.1) is 36.0 Å². The summed E-state index contributed by atoms with van der Waals surface area (Å²) in [4.78, 5) is 0. The van der Waals surface area contributed by atoms with Gasteiger partial charge >= 0.3 is 0 Å². The van der Waals surface area contributed by atoms with E-state index >= 15 is 0 Å². The molecule has 0 radical (unpaired) electrons. The predicted molar refractivity (Wildman–Crippen MR) is 72.8 cm³/mol. The number of hydrogen-bond acceptors (Lipinski definition) is 5. The lowest BCUT2D eigenvalue weighted by molar-refractivity contribution is 0.396. The molecule has 0 spiro atoms. The van der Waals surface area contributed by atoms with Crippen molar-refractivity contribution in [3.05, 3.63) is 11.9 Å². The molecule has 19 heavy (non-hydrogen) atoms. The number of hydrogen-bond donors (Lipinski definition) is 1. The first-order valence-corrected chi connectivity index (χ1v) is 8.29. The van der Waals surface area contributed by atoms with Crippen LogP contribution in [0.1, 0.15) is 37.9 Å². The molecule has 1 saturated heterocycles. The van der Waals surface area contributed by atoms with Crippen LogP contribution in [-0.2, 0) is 16.4 Å². The van der Waals surface area contributed by atoms with Crippen LogP contribution in [0, 0.1) is 0 Å². The molecule has 1 aliphatic heterocycles. The van der Waals surface area contributed by atoms with Crippen molar-refractivity contribution in [3.63, 3.8) is 0 Å². The van der Waals surface area contributed by atoms with E-state index in [1.165, 1.54) is 0 Å². The molecular weight excluding hydrogens is 266 g/mol. The molecule has 0 amide bonds. The Morgan fingerprint density at radius 2 is 2.32 bits per heavy atom. The third kappa shape index (κ3) is 2.62. The smallest absolute Gasteiger partial charge is 0.161 e. The van der Waals surface area contributed by atoms with Crippen molar-refractivity contribution >= 4 is 9.84 Å². The minimum Gasteiger partial charge on any atom is -0.493 e. The highest BCUT2D eigenvalue weighted by Gasteiger charge is 2.37. The van der Waals surface area contributed by atoms with E-state index in [2.05, 4.69) is 5.10 Å². The zero-order chi connectivity index (χ0) is 14.0. The van der Waals surface area contributed by atoms with Gasteiger partial charge in [0.2, 0.25) is 0 Å². The standard InChI is InChI=1S/C12H21N3O3S/c1-3-15-12(9(18-2)8-14-15)11(13)10-6-4-5-7-19(10,16)17/h8,10-11H,3-7,13H2,1-2H3. The van der Waals surface area contributed by atoms with Crippen molar-refractivity contribution < 1.29 is 13.2 Å². The zero-order valence-electron chi connectivity index (χ0n) is 11.4. The van der Waals surface area contributed by atoms with Crippen LogP contribution in [0.4, 0.5) is 0 Å². The molecule has 2 heterocycles. The van der Waals surface area contributed by atoms with E-state index in [1.807, 2.05) is 6.92 Å². The van der Waals surface area contributed by atoms with Crippen molar-refractivity contribution in [3.8, 4) is 5.75 Å². The highest BCUT2D eigenvalue weighted by molar-refractivity contribution is 7.92. The van der Waals surface area contributed by atoms with Gasteiger partial charge in [0.15, 0.2) is 15.6 Å². The van der Waals surface area contributed by atoms with Crippen molar-refractivity contribution in [2.45, 2.75) is 44.0 Å². The van der Waals surface area contributed by atoms with Crippen molar-refractivity contribution in [1.29, 1.82) is 0 Å².